The molecule has 0 fully saturated rings. The van der Waals surface area contributed by atoms with Crippen molar-refractivity contribution in [2.75, 3.05) is 49.4 Å². The molecular weight excluding hydrogens is 281 g/mol. The molecule has 1 atom stereocenters. The van der Waals surface area contributed by atoms with E-state index in [0.717, 1.165) is 7.11 Å². The summed E-state index contributed by atoms with van der Waals surface area (Å²) in [7, 11) is 7.21. The van der Waals surface area contributed by atoms with Crippen LogP contribution in [-0.4, -0.2) is 78.5 Å². The third-order valence-corrected chi connectivity index (χ3v) is 4.12. The van der Waals surface area contributed by atoms with Crippen molar-refractivity contribution in [3.05, 3.63) is 0 Å². The normalized spacial score (nSPS) is 14.6. The minimum absolute atomic E-state index is 0.718. The minimum Gasteiger partial charge on any atom is -0.285 e. The predicted octanol–water partition coefficient (Wildman–Crippen LogP) is -0.285. The van der Waals surface area contributed by atoms with Crippen LogP contribution in [0.5, 0.6) is 0 Å². The van der Waals surface area contributed by atoms with Crippen LogP contribution in [0.15, 0.2) is 0 Å². The molecule has 110 valence electrons. The predicted molar refractivity (Wildman–Crippen MR) is 70.2 cm³/mol. The first-order chi connectivity index (χ1) is 8.10. The molecule has 10 heteroatoms. The van der Waals surface area contributed by atoms with Gasteiger partial charge in [0.05, 0.1) is 7.11 Å². The van der Waals surface area contributed by atoms with Crippen LogP contribution in [0.2, 0.25) is 0 Å². The van der Waals surface area contributed by atoms with Gasteiger partial charge in [-0.2, -0.15) is 12.4 Å². The number of hydrogen-bond acceptors (Lipinski definition) is 8. The molecule has 0 aromatic carbocycles. The SMILES string of the molecule is COS(=O)(=O)OPOC(N(C)C)(N(C)C)N(C)C. The maximum absolute atomic E-state index is 11.0. The molecule has 0 N–H and O–H groups in total. The van der Waals surface area contributed by atoms with Crippen molar-refractivity contribution in [3.8, 4) is 0 Å². The Morgan fingerprint density at radius 2 is 1.33 bits per heavy atom. The van der Waals surface area contributed by atoms with Crippen LogP contribution in [0.3, 0.4) is 0 Å². The van der Waals surface area contributed by atoms with Crippen LogP contribution in [0.1, 0.15) is 0 Å². The summed E-state index contributed by atoms with van der Waals surface area (Å²) in [5, 5.41) is 0. The first-order valence-electron chi connectivity index (χ1n) is 5.04. The molecule has 0 bridgehead atoms. The monoisotopic (exact) mass is 303 g/mol. The van der Waals surface area contributed by atoms with E-state index in [4.69, 9.17) is 4.52 Å². The van der Waals surface area contributed by atoms with Crippen molar-refractivity contribution in [1.82, 2.24) is 14.7 Å². The van der Waals surface area contributed by atoms with Gasteiger partial charge < -0.3 is 0 Å². The van der Waals surface area contributed by atoms with Crippen molar-refractivity contribution in [1.29, 1.82) is 0 Å². The molecule has 0 amide bonds. The maximum Gasteiger partial charge on any atom is 0.404 e. The highest BCUT2D eigenvalue weighted by molar-refractivity contribution is 7.84. The van der Waals surface area contributed by atoms with Gasteiger partial charge in [0.15, 0.2) is 9.03 Å². The van der Waals surface area contributed by atoms with Crippen molar-refractivity contribution < 1.29 is 21.1 Å². The highest BCUT2D eigenvalue weighted by Crippen LogP contribution is 2.31. The second-order valence-electron chi connectivity index (χ2n) is 4.10. The Kier molecular flexibility index (Phi) is 7.12. The van der Waals surface area contributed by atoms with Crippen LogP contribution in [0, 0.1) is 0 Å². The van der Waals surface area contributed by atoms with Gasteiger partial charge >= 0.3 is 10.4 Å². The topological polar surface area (TPSA) is 71.5 Å². The fourth-order valence-electron chi connectivity index (χ4n) is 1.62. The Hall–Kier alpha value is 0.140. The van der Waals surface area contributed by atoms with Crippen LogP contribution in [0.25, 0.3) is 0 Å². The first kappa shape index (κ1) is 18.1. The van der Waals surface area contributed by atoms with Crippen molar-refractivity contribution in [2.24, 2.45) is 0 Å². The quantitative estimate of drug-likeness (QED) is 0.448. The summed E-state index contributed by atoms with van der Waals surface area (Å²) in [6.45, 7) is 0. The van der Waals surface area contributed by atoms with Gasteiger partial charge in [-0.05, 0) is 42.3 Å². The summed E-state index contributed by atoms with van der Waals surface area (Å²) < 4.78 is 36.4. The molecule has 1 unspecified atom stereocenters. The average Bonchev–Trinajstić information content (AvgIpc) is 2.22. The highest BCUT2D eigenvalue weighted by Gasteiger charge is 2.40. The molecule has 0 spiro atoms. The van der Waals surface area contributed by atoms with Crippen LogP contribution < -0.4 is 0 Å². The summed E-state index contributed by atoms with van der Waals surface area (Å²) in [5.74, 6) is -0.915. The second-order valence-corrected chi connectivity index (χ2v) is 6.29. The lowest BCUT2D eigenvalue weighted by atomic mass is 10.5. The van der Waals surface area contributed by atoms with Crippen molar-refractivity contribution >= 4 is 19.4 Å². The van der Waals surface area contributed by atoms with Crippen LogP contribution >= 0.6 is 9.03 Å². The van der Waals surface area contributed by atoms with E-state index in [1.54, 1.807) is 14.7 Å². The van der Waals surface area contributed by atoms with E-state index in [1.807, 2.05) is 42.3 Å². The number of rotatable bonds is 8. The van der Waals surface area contributed by atoms with E-state index in [1.165, 1.54) is 0 Å². The van der Waals surface area contributed by atoms with E-state index in [9.17, 15) is 8.42 Å². The van der Waals surface area contributed by atoms with Gasteiger partial charge in [0.1, 0.15) is 0 Å². The van der Waals surface area contributed by atoms with Crippen LogP contribution in [-0.2, 0) is 23.1 Å². The third kappa shape index (κ3) is 4.36. The molecule has 8 nitrogen and oxygen atoms in total. The molecule has 0 rings (SSSR count). The van der Waals surface area contributed by atoms with E-state index >= 15 is 0 Å². The van der Waals surface area contributed by atoms with E-state index in [2.05, 4.69) is 8.15 Å². The molecule has 0 saturated heterocycles. The lowest BCUT2D eigenvalue weighted by molar-refractivity contribution is -0.242. The summed E-state index contributed by atoms with van der Waals surface area (Å²) in [6.07, 6.45) is 0. The average molecular weight is 303 g/mol. The number of hydrogen-bond donors (Lipinski definition) is 0. The third-order valence-electron chi connectivity index (χ3n) is 2.27. The Morgan fingerprint density at radius 3 is 1.61 bits per heavy atom. The molecular formula is C8H22N3O5PS. The molecule has 0 saturated carbocycles. The highest BCUT2D eigenvalue weighted by atomic mass is 32.3. The van der Waals surface area contributed by atoms with Gasteiger partial charge in [0, 0.05) is 0 Å². The zero-order valence-electron chi connectivity index (χ0n) is 11.8. The summed E-state index contributed by atoms with van der Waals surface area (Å²) in [6, 6.07) is 0. The Balaban J connectivity index is 4.83. The minimum atomic E-state index is -3.99. The van der Waals surface area contributed by atoms with Gasteiger partial charge in [0.25, 0.3) is 0 Å². The van der Waals surface area contributed by atoms with Gasteiger partial charge in [0.2, 0.25) is 5.97 Å². The largest absolute Gasteiger partial charge is 0.404 e. The lowest BCUT2D eigenvalue weighted by Crippen LogP contribution is -2.64. The van der Waals surface area contributed by atoms with Crippen molar-refractivity contribution in [3.63, 3.8) is 0 Å². The molecule has 0 aliphatic carbocycles. The van der Waals surface area contributed by atoms with Gasteiger partial charge in [-0.3, -0.25) is 23.4 Å². The van der Waals surface area contributed by atoms with Crippen molar-refractivity contribution in [2.45, 2.75) is 5.97 Å². The zero-order chi connectivity index (χ0) is 14.6. The molecule has 0 aromatic rings. The molecule has 0 aliphatic rings. The van der Waals surface area contributed by atoms with Gasteiger partial charge in [-0.1, -0.05) is 0 Å². The maximum atomic E-state index is 11.0. The molecule has 0 aliphatic heterocycles. The Morgan fingerprint density at radius 1 is 0.944 bits per heavy atom. The molecule has 0 radical (unpaired) electrons. The smallest absolute Gasteiger partial charge is 0.285 e. The fraction of sp³-hybridized carbons (Fsp3) is 1.00. The Bertz CT molecular complexity index is 325. The number of nitrogens with zero attached hydrogens (tertiary/aromatic N) is 3. The summed E-state index contributed by atoms with van der Waals surface area (Å²) >= 11 is 0. The standard InChI is InChI=1S/C8H22N3O5PS/c1-9(2)8(10(3)4,11(5)6)15-17-16-18(12,13)14-7/h17H,1-7H3. The Labute approximate surface area is 111 Å². The van der Waals surface area contributed by atoms with E-state index in [-0.39, 0.29) is 0 Å². The van der Waals surface area contributed by atoms with E-state index < -0.39 is 25.4 Å². The zero-order valence-corrected chi connectivity index (χ0v) is 13.6. The molecule has 18 heavy (non-hydrogen) atoms. The van der Waals surface area contributed by atoms with Crippen LogP contribution in [0.4, 0.5) is 0 Å². The molecule has 0 heterocycles. The summed E-state index contributed by atoms with van der Waals surface area (Å²) in [4.78, 5) is 5.38. The van der Waals surface area contributed by atoms with Gasteiger partial charge in [-0.15, -0.1) is 0 Å². The molecule has 0 aromatic heterocycles. The first-order valence-corrected chi connectivity index (χ1v) is 7.19. The fourth-order valence-corrected chi connectivity index (χ4v) is 3.02. The second kappa shape index (κ2) is 7.06. The summed E-state index contributed by atoms with van der Waals surface area (Å²) in [5.41, 5.74) is 0. The van der Waals surface area contributed by atoms with E-state index in [0.29, 0.717) is 0 Å². The lowest BCUT2D eigenvalue weighted by Gasteiger charge is -2.47. The van der Waals surface area contributed by atoms with Gasteiger partial charge in [-0.25, -0.2) is 0 Å².